The third kappa shape index (κ3) is 6.76. The molecule has 0 fully saturated rings. The smallest absolute Gasteiger partial charge is 0.169 e. The zero-order valence-corrected chi connectivity index (χ0v) is 21.9. The Morgan fingerprint density at radius 3 is 2.00 bits per heavy atom. The van der Waals surface area contributed by atoms with E-state index in [-0.39, 0.29) is 0 Å². The molecule has 0 saturated heterocycles. The van der Waals surface area contributed by atoms with Crippen LogP contribution in [0.3, 0.4) is 0 Å². The number of fused-ring (bicyclic) bond motifs is 3. The van der Waals surface area contributed by atoms with Crippen molar-refractivity contribution in [2.75, 3.05) is 6.61 Å². The largest absolute Gasteiger partial charge is 0.494 e. The molecule has 0 saturated carbocycles. The van der Waals surface area contributed by atoms with E-state index < -0.39 is 0 Å². The lowest BCUT2D eigenvalue weighted by molar-refractivity contribution is -0.697. The Morgan fingerprint density at radius 1 is 0.622 bits per heavy atom. The molecule has 4 heteroatoms. The standard InChI is InChI=1S/C33H38N2O2/c1-34-21-16-27(17-22-34)28-18-23-35(24-19-28)20-10-6-4-2-3-5-7-11-25-36-29-14-15-33-31(26-29)30-12-8-9-13-32(30)37-33/h8-9,12-19,21-24,26H,2-7,10-11,20,25H2,1H3/q+2. The molecule has 0 spiro atoms. The number of nitrogens with zero attached hydrogens (tertiary/aromatic N) is 2. The van der Waals surface area contributed by atoms with E-state index in [4.69, 9.17) is 9.15 Å². The number of aromatic nitrogens is 2. The van der Waals surface area contributed by atoms with Crippen LogP contribution >= 0.6 is 0 Å². The van der Waals surface area contributed by atoms with Crippen LogP contribution in [0.2, 0.25) is 0 Å². The van der Waals surface area contributed by atoms with Gasteiger partial charge in [0.15, 0.2) is 24.8 Å². The molecule has 2 aromatic carbocycles. The van der Waals surface area contributed by atoms with E-state index >= 15 is 0 Å². The Kier molecular flexibility index (Phi) is 8.47. The van der Waals surface area contributed by atoms with Gasteiger partial charge in [0.05, 0.1) is 6.61 Å². The van der Waals surface area contributed by atoms with Crippen LogP contribution < -0.4 is 13.9 Å². The van der Waals surface area contributed by atoms with Crippen LogP contribution in [0, 0.1) is 0 Å². The van der Waals surface area contributed by atoms with Crippen molar-refractivity contribution >= 4 is 21.9 Å². The topological polar surface area (TPSA) is 30.1 Å². The normalized spacial score (nSPS) is 11.4. The highest BCUT2D eigenvalue weighted by Gasteiger charge is 2.08. The first-order valence-electron chi connectivity index (χ1n) is 13.8. The molecule has 3 heterocycles. The second kappa shape index (κ2) is 12.5. The number of benzene rings is 2. The van der Waals surface area contributed by atoms with Gasteiger partial charge in [-0.1, -0.05) is 50.3 Å². The lowest BCUT2D eigenvalue weighted by atomic mass is 10.1. The van der Waals surface area contributed by atoms with Gasteiger partial charge < -0.3 is 9.15 Å². The quantitative estimate of drug-likeness (QED) is 0.125. The molecular formula is C33H38N2O2+2. The first-order valence-corrected chi connectivity index (χ1v) is 13.8. The van der Waals surface area contributed by atoms with Gasteiger partial charge in [0.25, 0.3) is 0 Å². The first kappa shape index (κ1) is 25.0. The van der Waals surface area contributed by atoms with Gasteiger partial charge in [0.1, 0.15) is 30.5 Å². The third-order valence-corrected chi connectivity index (χ3v) is 7.13. The highest BCUT2D eigenvalue weighted by molar-refractivity contribution is 6.05. The van der Waals surface area contributed by atoms with Crippen molar-refractivity contribution in [1.82, 2.24) is 0 Å². The molecule has 0 bridgehead atoms. The molecule has 4 nitrogen and oxygen atoms in total. The van der Waals surface area contributed by atoms with Gasteiger partial charge in [-0.15, -0.1) is 0 Å². The molecule has 190 valence electrons. The van der Waals surface area contributed by atoms with Gasteiger partial charge in [-0.2, -0.15) is 0 Å². The van der Waals surface area contributed by atoms with Gasteiger partial charge in [0, 0.05) is 41.5 Å². The Balaban J connectivity index is 0.912. The number of para-hydroxylation sites is 1. The summed E-state index contributed by atoms with van der Waals surface area (Å²) in [6.45, 7) is 1.88. The van der Waals surface area contributed by atoms with Crippen molar-refractivity contribution in [1.29, 1.82) is 0 Å². The molecule has 5 rings (SSSR count). The summed E-state index contributed by atoms with van der Waals surface area (Å²) in [5.74, 6) is 0.931. The maximum absolute atomic E-state index is 6.03. The van der Waals surface area contributed by atoms with E-state index in [2.05, 4.69) is 76.4 Å². The van der Waals surface area contributed by atoms with E-state index in [1.54, 1.807) is 0 Å². The van der Waals surface area contributed by atoms with Gasteiger partial charge >= 0.3 is 0 Å². The molecule has 0 aliphatic heterocycles. The number of aryl methyl sites for hydroxylation is 2. The second-order valence-electron chi connectivity index (χ2n) is 10.0. The number of hydrogen-bond donors (Lipinski definition) is 0. The van der Waals surface area contributed by atoms with E-state index in [1.807, 2.05) is 31.3 Å². The van der Waals surface area contributed by atoms with Gasteiger partial charge in [-0.3, -0.25) is 0 Å². The summed E-state index contributed by atoms with van der Waals surface area (Å²) in [6.07, 6.45) is 18.8. The Labute approximate surface area is 220 Å². The predicted molar refractivity (Wildman–Crippen MR) is 149 cm³/mol. The molecule has 37 heavy (non-hydrogen) atoms. The summed E-state index contributed by atoms with van der Waals surface area (Å²) in [4.78, 5) is 0. The summed E-state index contributed by atoms with van der Waals surface area (Å²) in [6, 6.07) is 23.1. The summed E-state index contributed by atoms with van der Waals surface area (Å²) >= 11 is 0. The minimum absolute atomic E-state index is 0.778. The van der Waals surface area contributed by atoms with E-state index in [1.165, 1.54) is 56.1 Å². The molecule has 0 aliphatic rings. The number of ether oxygens (including phenoxy) is 1. The molecular weight excluding hydrogens is 456 g/mol. The van der Waals surface area contributed by atoms with Crippen LogP contribution in [-0.4, -0.2) is 6.61 Å². The fourth-order valence-electron chi connectivity index (χ4n) is 4.93. The predicted octanol–water partition coefficient (Wildman–Crippen LogP) is 7.56. The summed E-state index contributed by atoms with van der Waals surface area (Å²) in [5.41, 5.74) is 4.39. The van der Waals surface area contributed by atoms with Crippen LogP contribution in [0.25, 0.3) is 33.1 Å². The Morgan fingerprint density at radius 2 is 1.24 bits per heavy atom. The number of hydrogen-bond acceptors (Lipinski definition) is 2. The Hall–Kier alpha value is -3.66. The molecule has 0 N–H and O–H groups in total. The molecule has 0 atom stereocenters. The second-order valence-corrected chi connectivity index (χ2v) is 10.0. The van der Waals surface area contributed by atoms with Crippen LogP contribution in [0.1, 0.15) is 51.4 Å². The molecule has 0 unspecified atom stereocenters. The number of unbranched alkanes of at least 4 members (excludes halogenated alkanes) is 7. The van der Waals surface area contributed by atoms with Crippen molar-refractivity contribution in [3.05, 3.63) is 91.5 Å². The SMILES string of the molecule is C[n+]1ccc(-c2cc[n+](CCCCCCCCCCOc3ccc4oc5ccccc5c4c3)cc2)cc1. The van der Waals surface area contributed by atoms with Crippen molar-refractivity contribution in [2.45, 2.75) is 57.9 Å². The van der Waals surface area contributed by atoms with Crippen LogP contribution in [0.15, 0.2) is 95.9 Å². The van der Waals surface area contributed by atoms with Crippen LogP contribution in [0.4, 0.5) is 0 Å². The summed E-state index contributed by atoms with van der Waals surface area (Å²) in [7, 11) is 2.05. The summed E-state index contributed by atoms with van der Waals surface area (Å²) < 4.78 is 16.3. The molecule has 3 aromatic heterocycles. The highest BCUT2D eigenvalue weighted by Crippen LogP contribution is 2.31. The third-order valence-electron chi connectivity index (χ3n) is 7.13. The zero-order chi connectivity index (χ0) is 25.3. The highest BCUT2D eigenvalue weighted by atomic mass is 16.5. The van der Waals surface area contributed by atoms with Crippen molar-refractivity contribution in [3.63, 3.8) is 0 Å². The van der Waals surface area contributed by atoms with Crippen molar-refractivity contribution in [2.24, 2.45) is 7.05 Å². The Bertz CT molecular complexity index is 1400. The van der Waals surface area contributed by atoms with Gasteiger partial charge in [-0.05, 0) is 48.2 Å². The first-order chi connectivity index (χ1) is 18.3. The van der Waals surface area contributed by atoms with E-state index in [9.17, 15) is 0 Å². The average molecular weight is 495 g/mol. The van der Waals surface area contributed by atoms with E-state index in [0.717, 1.165) is 47.3 Å². The van der Waals surface area contributed by atoms with Crippen LogP contribution in [-0.2, 0) is 13.6 Å². The van der Waals surface area contributed by atoms with Gasteiger partial charge in [0.2, 0.25) is 0 Å². The fraction of sp³-hybridized carbons (Fsp3) is 0.333. The minimum atomic E-state index is 0.778. The molecule has 0 radical (unpaired) electrons. The average Bonchev–Trinajstić information content (AvgIpc) is 3.30. The zero-order valence-electron chi connectivity index (χ0n) is 21.9. The maximum Gasteiger partial charge on any atom is 0.169 e. The number of rotatable bonds is 13. The number of pyridine rings is 2. The monoisotopic (exact) mass is 494 g/mol. The molecule has 0 amide bonds. The van der Waals surface area contributed by atoms with E-state index in [0.29, 0.717) is 0 Å². The minimum Gasteiger partial charge on any atom is -0.494 e. The number of furan rings is 1. The maximum atomic E-state index is 6.03. The van der Waals surface area contributed by atoms with Gasteiger partial charge in [-0.25, -0.2) is 9.13 Å². The van der Waals surface area contributed by atoms with Crippen molar-refractivity contribution < 1.29 is 18.3 Å². The van der Waals surface area contributed by atoms with Crippen LogP contribution in [0.5, 0.6) is 5.75 Å². The summed E-state index contributed by atoms with van der Waals surface area (Å²) in [5, 5.41) is 2.28. The lowest BCUT2D eigenvalue weighted by Crippen LogP contribution is -2.32. The molecule has 5 aromatic rings. The lowest BCUT2D eigenvalue weighted by Gasteiger charge is -2.06. The fourth-order valence-corrected chi connectivity index (χ4v) is 4.93. The van der Waals surface area contributed by atoms with Crippen molar-refractivity contribution in [3.8, 4) is 16.9 Å². The molecule has 0 aliphatic carbocycles.